The van der Waals surface area contributed by atoms with Crippen molar-refractivity contribution < 1.29 is 9.53 Å². The summed E-state index contributed by atoms with van der Waals surface area (Å²) in [7, 11) is 0. The minimum atomic E-state index is -0.0746. The number of esters is 1. The quantitative estimate of drug-likeness (QED) is 0.551. The molecular formula is C12H23NO2S. The molecule has 0 spiro atoms. The van der Waals surface area contributed by atoms with E-state index in [4.69, 9.17) is 4.74 Å². The van der Waals surface area contributed by atoms with Crippen molar-refractivity contribution in [2.45, 2.75) is 45.1 Å². The van der Waals surface area contributed by atoms with Gasteiger partial charge in [-0.25, -0.2) is 0 Å². The molecule has 0 saturated carbocycles. The molecule has 0 amide bonds. The molecule has 0 bridgehead atoms. The Morgan fingerprint density at radius 1 is 1.38 bits per heavy atom. The third-order valence-corrected chi connectivity index (χ3v) is 3.76. The molecule has 1 aliphatic heterocycles. The minimum absolute atomic E-state index is 0.0670. The average Bonchev–Trinajstić information content (AvgIpc) is 2.34. The van der Waals surface area contributed by atoms with Crippen molar-refractivity contribution in [3.63, 3.8) is 0 Å². The van der Waals surface area contributed by atoms with E-state index in [2.05, 4.69) is 12.2 Å². The zero-order chi connectivity index (χ0) is 11.6. The van der Waals surface area contributed by atoms with E-state index in [-0.39, 0.29) is 12.0 Å². The van der Waals surface area contributed by atoms with Crippen LogP contribution in [-0.2, 0) is 9.53 Å². The van der Waals surface area contributed by atoms with Crippen molar-refractivity contribution in [1.82, 2.24) is 5.32 Å². The lowest BCUT2D eigenvalue weighted by Gasteiger charge is -2.21. The highest BCUT2D eigenvalue weighted by Gasteiger charge is 2.21. The van der Waals surface area contributed by atoms with Gasteiger partial charge in [-0.2, -0.15) is 11.8 Å². The third kappa shape index (κ3) is 5.75. The molecule has 4 heteroatoms. The number of unbranched alkanes of at least 4 members (excludes halogenated alkanes) is 4. The number of thioether (sulfide) groups is 1. The molecule has 1 aliphatic rings. The summed E-state index contributed by atoms with van der Waals surface area (Å²) in [4.78, 5) is 11.6. The molecule has 3 nitrogen and oxygen atoms in total. The van der Waals surface area contributed by atoms with Crippen LogP contribution in [0.1, 0.15) is 39.0 Å². The molecule has 1 heterocycles. The van der Waals surface area contributed by atoms with Gasteiger partial charge in [0.2, 0.25) is 0 Å². The summed E-state index contributed by atoms with van der Waals surface area (Å²) in [5, 5.41) is 3.18. The second kappa shape index (κ2) is 8.88. The summed E-state index contributed by atoms with van der Waals surface area (Å²) in [5.74, 6) is 1.89. The van der Waals surface area contributed by atoms with Crippen molar-refractivity contribution >= 4 is 17.7 Å². The summed E-state index contributed by atoms with van der Waals surface area (Å²) >= 11 is 1.82. The van der Waals surface area contributed by atoms with Crippen molar-refractivity contribution in [2.24, 2.45) is 0 Å². The molecule has 16 heavy (non-hydrogen) atoms. The Labute approximate surface area is 103 Å². The van der Waals surface area contributed by atoms with E-state index in [1.54, 1.807) is 0 Å². The predicted molar refractivity (Wildman–Crippen MR) is 68.8 cm³/mol. The lowest BCUT2D eigenvalue weighted by Crippen LogP contribution is -2.44. The highest BCUT2D eigenvalue weighted by Crippen LogP contribution is 2.09. The van der Waals surface area contributed by atoms with Crippen LogP contribution in [0.25, 0.3) is 0 Å². The number of ether oxygens (including phenoxy) is 1. The van der Waals surface area contributed by atoms with Gasteiger partial charge < -0.3 is 10.1 Å². The van der Waals surface area contributed by atoms with Gasteiger partial charge in [-0.1, -0.05) is 32.6 Å². The van der Waals surface area contributed by atoms with Crippen LogP contribution in [-0.4, -0.2) is 36.7 Å². The number of rotatable bonds is 7. The van der Waals surface area contributed by atoms with Gasteiger partial charge in [0.15, 0.2) is 0 Å². The van der Waals surface area contributed by atoms with Crippen LogP contribution in [0.5, 0.6) is 0 Å². The molecule has 1 fully saturated rings. The number of carbonyl (C=O) groups is 1. The maximum absolute atomic E-state index is 11.6. The number of nitrogens with one attached hydrogen (secondary N) is 1. The highest BCUT2D eigenvalue weighted by molar-refractivity contribution is 7.99. The summed E-state index contributed by atoms with van der Waals surface area (Å²) in [6.07, 6.45) is 5.98. The van der Waals surface area contributed by atoms with E-state index in [1.807, 2.05) is 11.8 Å². The van der Waals surface area contributed by atoms with Crippen molar-refractivity contribution in [3.8, 4) is 0 Å². The zero-order valence-electron chi connectivity index (χ0n) is 10.2. The van der Waals surface area contributed by atoms with Gasteiger partial charge in [0.25, 0.3) is 0 Å². The first kappa shape index (κ1) is 13.8. The Morgan fingerprint density at radius 2 is 2.19 bits per heavy atom. The normalized spacial score (nSPS) is 20.7. The maximum Gasteiger partial charge on any atom is 0.323 e. The molecule has 0 aromatic carbocycles. The number of hydrogen-bond donors (Lipinski definition) is 1. The Kier molecular flexibility index (Phi) is 7.68. The molecule has 0 radical (unpaired) electrons. The van der Waals surface area contributed by atoms with Crippen LogP contribution in [0, 0.1) is 0 Å². The fourth-order valence-electron chi connectivity index (χ4n) is 1.70. The zero-order valence-corrected chi connectivity index (χ0v) is 11.0. The van der Waals surface area contributed by atoms with E-state index in [1.165, 1.54) is 25.7 Å². The first-order valence-corrected chi connectivity index (χ1v) is 7.48. The van der Waals surface area contributed by atoms with Crippen molar-refractivity contribution in [2.75, 3.05) is 24.7 Å². The molecule has 94 valence electrons. The molecule has 1 saturated heterocycles. The predicted octanol–water partition coefficient (Wildman–Crippen LogP) is 2.21. The lowest BCUT2D eigenvalue weighted by molar-refractivity contribution is -0.145. The molecule has 1 N–H and O–H groups in total. The van der Waals surface area contributed by atoms with E-state index >= 15 is 0 Å². The smallest absolute Gasteiger partial charge is 0.323 e. The molecule has 0 aromatic heterocycles. The Morgan fingerprint density at radius 3 is 2.88 bits per heavy atom. The number of carbonyl (C=O) groups excluding carboxylic acids is 1. The maximum atomic E-state index is 11.6. The molecule has 1 rings (SSSR count). The van der Waals surface area contributed by atoms with Crippen LogP contribution in [0.4, 0.5) is 0 Å². The minimum Gasteiger partial charge on any atom is -0.465 e. The lowest BCUT2D eigenvalue weighted by atomic mass is 10.2. The largest absolute Gasteiger partial charge is 0.465 e. The fourth-order valence-corrected chi connectivity index (χ4v) is 2.61. The standard InChI is InChI=1S/C12H23NO2S/c1-2-3-4-5-6-8-15-12(14)11-10-16-9-7-13-11/h11,13H,2-10H2,1H3. The van der Waals surface area contributed by atoms with Crippen molar-refractivity contribution in [1.29, 1.82) is 0 Å². The molecule has 1 atom stereocenters. The van der Waals surface area contributed by atoms with Crippen LogP contribution in [0.3, 0.4) is 0 Å². The topological polar surface area (TPSA) is 38.3 Å². The van der Waals surface area contributed by atoms with Crippen LogP contribution in [0.15, 0.2) is 0 Å². The highest BCUT2D eigenvalue weighted by atomic mass is 32.2. The summed E-state index contributed by atoms with van der Waals surface area (Å²) < 4.78 is 5.25. The van der Waals surface area contributed by atoms with E-state index in [0.717, 1.165) is 24.5 Å². The Bertz CT molecular complexity index is 193. The van der Waals surface area contributed by atoms with Crippen molar-refractivity contribution in [3.05, 3.63) is 0 Å². The molecule has 0 aliphatic carbocycles. The van der Waals surface area contributed by atoms with Crippen LogP contribution < -0.4 is 5.32 Å². The van der Waals surface area contributed by atoms with Crippen LogP contribution >= 0.6 is 11.8 Å². The average molecular weight is 245 g/mol. The first-order chi connectivity index (χ1) is 7.84. The Balaban J connectivity index is 1.97. The summed E-state index contributed by atoms with van der Waals surface area (Å²) in [5.41, 5.74) is 0. The van der Waals surface area contributed by atoms with E-state index in [9.17, 15) is 4.79 Å². The number of hydrogen-bond acceptors (Lipinski definition) is 4. The molecule has 0 aromatic rings. The van der Waals surface area contributed by atoms with Gasteiger partial charge >= 0.3 is 5.97 Å². The van der Waals surface area contributed by atoms with Gasteiger partial charge in [-0.15, -0.1) is 0 Å². The van der Waals surface area contributed by atoms with E-state index < -0.39 is 0 Å². The monoisotopic (exact) mass is 245 g/mol. The fraction of sp³-hybridized carbons (Fsp3) is 0.917. The van der Waals surface area contributed by atoms with Gasteiger partial charge in [-0.3, -0.25) is 4.79 Å². The summed E-state index contributed by atoms with van der Waals surface area (Å²) in [6.45, 7) is 3.71. The Hall–Kier alpha value is -0.220. The first-order valence-electron chi connectivity index (χ1n) is 6.32. The van der Waals surface area contributed by atoms with Gasteiger partial charge in [-0.05, 0) is 6.42 Å². The van der Waals surface area contributed by atoms with Gasteiger partial charge in [0.1, 0.15) is 6.04 Å². The molecule has 1 unspecified atom stereocenters. The van der Waals surface area contributed by atoms with Gasteiger partial charge in [0, 0.05) is 18.1 Å². The second-order valence-corrected chi connectivity index (χ2v) is 5.31. The van der Waals surface area contributed by atoms with E-state index in [0.29, 0.717) is 6.61 Å². The third-order valence-electron chi connectivity index (χ3n) is 2.70. The van der Waals surface area contributed by atoms with Gasteiger partial charge in [0.05, 0.1) is 6.61 Å². The molecular weight excluding hydrogens is 222 g/mol. The SMILES string of the molecule is CCCCCCCOC(=O)C1CSCCN1. The van der Waals surface area contributed by atoms with Crippen LogP contribution in [0.2, 0.25) is 0 Å². The summed E-state index contributed by atoms with van der Waals surface area (Å²) in [6, 6.07) is -0.0746. The second-order valence-electron chi connectivity index (χ2n) is 4.16.